The summed E-state index contributed by atoms with van der Waals surface area (Å²) in [6.07, 6.45) is 2.00. The van der Waals surface area contributed by atoms with Gasteiger partial charge in [0.15, 0.2) is 0 Å². The fourth-order valence-corrected chi connectivity index (χ4v) is 4.07. The summed E-state index contributed by atoms with van der Waals surface area (Å²) in [6.45, 7) is 4.60. The fraction of sp³-hybridized carbons (Fsp3) is 0.615. The van der Waals surface area contributed by atoms with Gasteiger partial charge >= 0.3 is 0 Å². The van der Waals surface area contributed by atoms with Crippen molar-refractivity contribution in [2.24, 2.45) is 5.92 Å². The third-order valence-corrected chi connectivity index (χ3v) is 6.44. The van der Waals surface area contributed by atoms with Gasteiger partial charge in [0.25, 0.3) is 10.0 Å². The number of sulfonamides is 1. The van der Waals surface area contributed by atoms with E-state index in [1.807, 2.05) is 0 Å². The molecule has 5 nitrogen and oxygen atoms in total. The molecule has 0 bridgehead atoms. The van der Waals surface area contributed by atoms with Crippen molar-refractivity contribution in [1.29, 1.82) is 0 Å². The number of hydrogen-bond donors (Lipinski definition) is 1. The van der Waals surface area contributed by atoms with Gasteiger partial charge in [-0.2, -0.15) is 4.31 Å². The Bertz CT molecular complexity index is 508. The maximum Gasteiger partial charge on any atom is 0.252 e. The molecule has 0 saturated heterocycles. The Morgan fingerprint density at radius 3 is 2.55 bits per heavy atom. The van der Waals surface area contributed by atoms with E-state index in [1.165, 1.54) is 7.05 Å². The SMILES string of the molecule is CCC(CC)CNC(=O)CN(C)S(=O)(=O)c1cccs1. The van der Waals surface area contributed by atoms with Gasteiger partial charge < -0.3 is 5.32 Å². The van der Waals surface area contributed by atoms with Gasteiger partial charge in [0.1, 0.15) is 4.21 Å². The summed E-state index contributed by atoms with van der Waals surface area (Å²) in [5.74, 6) is 0.178. The van der Waals surface area contributed by atoms with Crippen molar-refractivity contribution >= 4 is 27.3 Å². The van der Waals surface area contributed by atoms with Crippen LogP contribution in [0.5, 0.6) is 0 Å². The van der Waals surface area contributed by atoms with Crippen LogP contribution >= 0.6 is 11.3 Å². The van der Waals surface area contributed by atoms with Crippen LogP contribution in [0.4, 0.5) is 0 Å². The zero-order valence-corrected chi connectivity index (χ0v) is 13.8. The molecule has 1 rings (SSSR count). The lowest BCUT2D eigenvalue weighted by Crippen LogP contribution is -2.39. The van der Waals surface area contributed by atoms with E-state index >= 15 is 0 Å². The first kappa shape index (κ1) is 17.1. The van der Waals surface area contributed by atoms with Gasteiger partial charge in [-0.3, -0.25) is 4.79 Å². The highest BCUT2D eigenvalue weighted by Crippen LogP contribution is 2.19. The van der Waals surface area contributed by atoms with E-state index in [1.54, 1.807) is 17.5 Å². The Hall–Kier alpha value is -0.920. The summed E-state index contributed by atoms with van der Waals surface area (Å²) in [5.41, 5.74) is 0. The third-order valence-electron chi connectivity index (χ3n) is 3.27. The van der Waals surface area contributed by atoms with Gasteiger partial charge in [-0.05, 0) is 17.4 Å². The van der Waals surface area contributed by atoms with E-state index in [0.717, 1.165) is 28.5 Å². The number of hydrogen-bond acceptors (Lipinski definition) is 4. The molecule has 0 saturated carbocycles. The summed E-state index contributed by atoms with van der Waals surface area (Å²) in [7, 11) is -2.13. The first-order chi connectivity index (χ1) is 9.41. The second kappa shape index (κ2) is 7.75. The zero-order chi connectivity index (χ0) is 15.2. The highest BCUT2D eigenvalue weighted by atomic mass is 32.2. The van der Waals surface area contributed by atoms with Gasteiger partial charge in [0, 0.05) is 13.6 Å². The van der Waals surface area contributed by atoms with E-state index < -0.39 is 10.0 Å². The van der Waals surface area contributed by atoms with Crippen LogP contribution in [0.2, 0.25) is 0 Å². The van der Waals surface area contributed by atoms with E-state index in [-0.39, 0.29) is 16.7 Å². The van der Waals surface area contributed by atoms with Gasteiger partial charge in [-0.1, -0.05) is 32.8 Å². The van der Waals surface area contributed by atoms with Crippen LogP contribution < -0.4 is 5.32 Å². The molecule has 7 heteroatoms. The number of amides is 1. The molecule has 1 amide bonds. The fourth-order valence-electron chi connectivity index (χ4n) is 1.74. The molecule has 1 aromatic heterocycles. The quantitative estimate of drug-likeness (QED) is 0.796. The minimum absolute atomic E-state index is 0.152. The molecule has 1 heterocycles. The molecule has 0 aliphatic carbocycles. The molecule has 0 unspecified atom stereocenters. The van der Waals surface area contributed by atoms with Crippen LogP contribution in [0.3, 0.4) is 0 Å². The number of likely N-dealkylation sites (N-methyl/N-ethyl adjacent to an activating group) is 1. The monoisotopic (exact) mass is 318 g/mol. The van der Waals surface area contributed by atoms with Crippen molar-refractivity contribution in [2.75, 3.05) is 20.1 Å². The van der Waals surface area contributed by atoms with E-state index in [2.05, 4.69) is 19.2 Å². The Morgan fingerprint density at radius 2 is 2.05 bits per heavy atom. The second-order valence-corrected chi connectivity index (χ2v) is 7.90. The third kappa shape index (κ3) is 4.57. The number of nitrogens with one attached hydrogen (secondary N) is 1. The molecule has 0 radical (unpaired) electrons. The molecule has 1 N–H and O–H groups in total. The Labute approximate surface area is 125 Å². The molecule has 0 aliphatic heterocycles. The van der Waals surface area contributed by atoms with Crippen molar-refractivity contribution in [3.05, 3.63) is 17.5 Å². The molecule has 114 valence electrons. The zero-order valence-electron chi connectivity index (χ0n) is 12.1. The molecule has 0 atom stereocenters. The Morgan fingerprint density at radius 1 is 1.40 bits per heavy atom. The van der Waals surface area contributed by atoms with Gasteiger partial charge in [0.2, 0.25) is 5.91 Å². The van der Waals surface area contributed by atoms with Crippen molar-refractivity contribution in [1.82, 2.24) is 9.62 Å². The standard InChI is InChI=1S/C13H22N2O3S2/c1-4-11(5-2)9-14-12(16)10-15(3)20(17,18)13-7-6-8-19-13/h6-8,11H,4-5,9-10H2,1-3H3,(H,14,16). The van der Waals surface area contributed by atoms with Crippen LogP contribution in [0, 0.1) is 5.92 Å². The maximum atomic E-state index is 12.1. The lowest BCUT2D eigenvalue weighted by Gasteiger charge is -2.17. The molecular formula is C13H22N2O3S2. The summed E-state index contributed by atoms with van der Waals surface area (Å²) in [5, 5.41) is 4.49. The van der Waals surface area contributed by atoms with Crippen LogP contribution in [0.15, 0.2) is 21.7 Å². The molecule has 1 aromatic rings. The van der Waals surface area contributed by atoms with Crippen LogP contribution in [-0.2, 0) is 14.8 Å². The lowest BCUT2D eigenvalue weighted by molar-refractivity contribution is -0.121. The highest BCUT2D eigenvalue weighted by molar-refractivity contribution is 7.91. The Kier molecular flexibility index (Phi) is 6.64. The van der Waals surface area contributed by atoms with Gasteiger partial charge in [-0.25, -0.2) is 8.42 Å². The molecule has 0 aliphatic rings. The van der Waals surface area contributed by atoms with Crippen molar-refractivity contribution in [3.8, 4) is 0 Å². The van der Waals surface area contributed by atoms with E-state index in [4.69, 9.17) is 0 Å². The second-order valence-electron chi connectivity index (χ2n) is 4.68. The number of rotatable bonds is 8. The van der Waals surface area contributed by atoms with Crippen molar-refractivity contribution in [3.63, 3.8) is 0 Å². The first-order valence-corrected chi connectivity index (χ1v) is 9.00. The average Bonchev–Trinajstić information content (AvgIpc) is 2.94. The van der Waals surface area contributed by atoms with Gasteiger partial charge in [0.05, 0.1) is 6.54 Å². The normalized spacial score (nSPS) is 12.1. The van der Waals surface area contributed by atoms with Crippen LogP contribution in [0.1, 0.15) is 26.7 Å². The molecule has 0 fully saturated rings. The minimum Gasteiger partial charge on any atom is -0.355 e. The highest BCUT2D eigenvalue weighted by Gasteiger charge is 2.23. The molecule has 0 aromatic carbocycles. The minimum atomic E-state index is -3.55. The maximum absolute atomic E-state index is 12.1. The average molecular weight is 318 g/mol. The number of carbonyl (C=O) groups is 1. The predicted molar refractivity (Wildman–Crippen MR) is 81.2 cm³/mol. The van der Waals surface area contributed by atoms with E-state index in [9.17, 15) is 13.2 Å². The molecule has 0 spiro atoms. The molecular weight excluding hydrogens is 296 g/mol. The van der Waals surface area contributed by atoms with Crippen molar-refractivity contribution in [2.45, 2.75) is 30.9 Å². The number of carbonyl (C=O) groups excluding carboxylic acids is 1. The van der Waals surface area contributed by atoms with Crippen LogP contribution in [-0.4, -0.2) is 38.8 Å². The van der Waals surface area contributed by atoms with Crippen molar-refractivity contribution < 1.29 is 13.2 Å². The summed E-state index contributed by atoms with van der Waals surface area (Å²) >= 11 is 1.15. The summed E-state index contributed by atoms with van der Waals surface area (Å²) in [6, 6.07) is 3.22. The van der Waals surface area contributed by atoms with Crippen LogP contribution in [0.25, 0.3) is 0 Å². The summed E-state index contributed by atoms with van der Waals surface area (Å²) in [4.78, 5) is 11.8. The van der Waals surface area contributed by atoms with Gasteiger partial charge in [-0.15, -0.1) is 11.3 Å². The smallest absolute Gasteiger partial charge is 0.252 e. The number of thiophene rings is 1. The Balaban J connectivity index is 2.54. The molecule has 20 heavy (non-hydrogen) atoms. The predicted octanol–water partition coefficient (Wildman–Crippen LogP) is 1.92. The largest absolute Gasteiger partial charge is 0.355 e. The topological polar surface area (TPSA) is 66.5 Å². The summed E-state index contributed by atoms with van der Waals surface area (Å²) < 4.78 is 25.6. The number of nitrogens with zero attached hydrogens (tertiary/aromatic N) is 1. The van der Waals surface area contributed by atoms with E-state index in [0.29, 0.717) is 12.5 Å². The lowest BCUT2D eigenvalue weighted by atomic mass is 10.0. The first-order valence-electron chi connectivity index (χ1n) is 6.68.